The molecular weight excluding hydrogens is 394 g/mol. The first-order valence-corrected chi connectivity index (χ1v) is 8.35. The highest BCUT2D eigenvalue weighted by Gasteiger charge is 2.11. The molecule has 2 rings (SSSR count). The molecular formula is C17H17BrClN3O2. The smallest absolute Gasteiger partial charge is 0.262 e. The van der Waals surface area contributed by atoms with Crippen molar-refractivity contribution < 1.29 is 9.53 Å². The molecule has 1 amide bonds. The number of benzene rings is 2. The van der Waals surface area contributed by atoms with Crippen molar-refractivity contribution >= 4 is 45.3 Å². The van der Waals surface area contributed by atoms with Gasteiger partial charge in [0, 0.05) is 20.7 Å². The molecule has 1 unspecified atom stereocenters. The highest BCUT2D eigenvalue weighted by atomic mass is 79.9. The molecule has 2 aromatic rings. The van der Waals surface area contributed by atoms with E-state index >= 15 is 0 Å². The number of hydrogen-bond acceptors (Lipinski definition) is 4. The Morgan fingerprint density at radius 2 is 2.00 bits per heavy atom. The molecule has 0 aliphatic heterocycles. The maximum atomic E-state index is 12.1. The minimum Gasteiger partial charge on any atom is -0.496 e. The van der Waals surface area contributed by atoms with E-state index in [1.54, 1.807) is 26.2 Å². The van der Waals surface area contributed by atoms with E-state index in [2.05, 4.69) is 31.8 Å². The number of methoxy groups -OCH3 is 1. The van der Waals surface area contributed by atoms with E-state index in [4.69, 9.17) is 16.3 Å². The summed E-state index contributed by atoms with van der Waals surface area (Å²) in [6.07, 6.45) is 1.54. The summed E-state index contributed by atoms with van der Waals surface area (Å²) < 4.78 is 6.14. The quantitative estimate of drug-likeness (QED) is 0.557. The highest BCUT2D eigenvalue weighted by molar-refractivity contribution is 9.10. The summed E-state index contributed by atoms with van der Waals surface area (Å²) in [5.74, 6) is 0.415. The van der Waals surface area contributed by atoms with Crippen molar-refractivity contribution in [2.45, 2.75) is 13.0 Å². The van der Waals surface area contributed by atoms with E-state index in [-0.39, 0.29) is 5.91 Å². The Morgan fingerprint density at radius 3 is 2.67 bits per heavy atom. The fourth-order valence-corrected chi connectivity index (χ4v) is 2.43. The third-order valence-corrected chi connectivity index (χ3v) is 3.94. The van der Waals surface area contributed by atoms with Crippen LogP contribution in [0.25, 0.3) is 0 Å². The maximum absolute atomic E-state index is 12.1. The van der Waals surface area contributed by atoms with Crippen molar-refractivity contribution in [1.29, 1.82) is 0 Å². The number of anilines is 1. The molecule has 0 saturated carbocycles. The molecule has 0 bridgehead atoms. The van der Waals surface area contributed by atoms with Crippen LogP contribution in [0.4, 0.5) is 5.69 Å². The minimum atomic E-state index is -0.451. The van der Waals surface area contributed by atoms with E-state index in [0.29, 0.717) is 10.8 Å². The second-order valence-electron chi connectivity index (χ2n) is 4.99. The second kappa shape index (κ2) is 8.70. The Balaban J connectivity index is 1.94. The Labute approximate surface area is 154 Å². The number of hydrazone groups is 1. The highest BCUT2D eigenvalue weighted by Crippen LogP contribution is 2.21. The van der Waals surface area contributed by atoms with Crippen LogP contribution in [0.1, 0.15) is 12.5 Å². The molecule has 7 heteroatoms. The van der Waals surface area contributed by atoms with Gasteiger partial charge in [-0.2, -0.15) is 5.10 Å². The summed E-state index contributed by atoms with van der Waals surface area (Å²) in [4.78, 5) is 12.1. The van der Waals surface area contributed by atoms with Crippen molar-refractivity contribution in [2.24, 2.45) is 5.10 Å². The standard InChI is InChI=1S/C17H17BrClN3O2/c1-11(21-15-6-4-14(19)5-7-15)17(23)22-20-10-12-9-13(18)3-8-16(12)24-2/h3-11,21H,1-2H3,(H,22,23). The number of halogens is 2. The molecule has 0 saturated heterocycles. The molecule has 0 aliphatic carbocycles. The average Bonchev–Trinajstić information content (AvgIpc) is 2.57. The van der Waals surface area contributed by atoms with Gasteiger partial charge in [-0.15, -0.1) is 0 Å². The van der Waals surface area contributed by atoms with Crippen LogP contribution in [0.2, 0.25) is 5.02 Å². The molecule has 0 spiro atoms. The molecule has 2 aromatic carbocycles. The first-order valence-electron chi connectivity index (χ1n) is 7.18. The van der Waals surface area contributed by atoms with Crippen LogP contribution in [0.3, 0.4) is 0 Å². The predicted octanol–water partition coefficient (Wildman–Crippen LogP) is 4.06. The third kappa shape index (κ3) is 5.25. The van der Waals surface area contributed by atoms with Crippen molar-refractivity contribution in [3.05, 3.63) is 57.5 Å². The topological polar surface area (TPSA) is 62.7 Å². The fourth-order valence-electron chi connectivity index (χ4n) is 1.93. The van der Waals surface area contributed by atoms with Crippen molar-refractivity contribution in [2.75, 3.05) is 12.4 Å². The number of amides is 1. The lowest BCUT2D eigenvalue weighted by molar-refractivity contribution is -0.121. The molecule has 0 heterocycles. The largest absolute Gasteiger partial charge is 0.496 e. The number of ether oxygens (including phenoxy) is 1. The van der Waals surface area contributed by atoms with Gasteiger partial charge in [0.25, 0.3) is 5.91 Å². The van der Waals surface area contributed by atoms with Crippen LogP contribution in [-0.4, -0.2) is 25.3 Å². The van der Waals surface area contributed by atoms with Crippen molar-refractivity contribution in [1.82, 2.24) is 5.43 Å². The van der Waals surface area contributed by atoms with Gasteiger partial charge in [0.15, 0.2) is 0 Å². The third-order valence-electron chi connectivity index (χ3n) is 3.19. The number of nitrogens with zero attached hydrogens (tertiary/aromatic N) is 1. The molecule has 0 aliphatic rings. The van der Waals surface area contributed by atoms with Gasteiger partial charge in [-0.25, -0.2) is 5.43 Å². The summed E-state index contributed by atoms with van der Waals surface area (Å²) in [5.41, 5.74) is 4.06. The summed E-state index contributed by atoms with van der Waals surface area (Å²) in [6.45, 7) is 1.75. The zero-order valence-electron chi connectivity index (χ0n) is 13.2. The number of nitrogens with one attached hydrogen (secondary N) is 2. The number of hydrogen-bond donors (Lipinski definition) is 2. The molecule has 1 atom stereocenters. The number of carbonyl (C=O) groups is 1. The van der Waals surface area contributed by atoms with Crippen LogP contribution in [0, 0.1) is 0 Å². The lowest BCUT2D eigenvalue weighted by atomic mass is 10.2. The van der Waals surface area contributed by atoms with Gasteiger partial charge in [0.05, 0.1) is 13.3 Å². The van der Waals surface area contributed by atoms with Crippen molar-refractivity contribution in [3.8, 4) is 5.75 Å². The molecule has 126 valence electrons. The maximum Gasteiger partial charge on any atom is 0.262 e. The van der Waals surface area contributed by atoms with E-state index < -0.39 is 6.04 Å². The van der Waals surface area contributed by atoms with Gasteiger partial charge in [0.2, 0.25) is 0 Å². The SMILES string of the molecule is COc1ccc(Br)cc1C=NNC(=O)C(C)Nc1ccc(Cl)cc1. The van der Waals surface area contributed by atoms with Crippen LogP contribution < -0.4 is 15.5 Å². The van der Waals surface area contributed by atoms with Crippen molar-refractivity contribution in [3.63, 3.8) is 0 Å². The summed E-state index contributed by atoms with van der Waals surface area (Å²) in [5, 5.41) is 7.70. The van der Waals surface area contributed by atoms with E-state index in [1.807, 2.05) is 30.3 Å². The molecule has 2 N–H and O–H groups in total. The predicted molar refractivity (Wildman–Crippen MR) is 101 cm³/mol. The molecule has 0 radical (unpaired) electrons. The number of rotatable bonds is 6. The first kappa shape index (κ1) is 18.3. The minimum absolute atomic E-state index is 0.254. The summed E-state index contributed by atoms with van der Waals surface area (Å²) in [7, 11) is 1.58. The molecule has 24 heavy (non-hydrogen) atoms. The van der Waals surface area contributed by atoms with Gasteiger partial charge in [-0.3, -0.25) is 4.79 Å². The zero-order valence-corrected chi connectivity index (χ0v) is 15.6. The molecule has 5 nitrogen and oxygen atoms in total. The Morgan fingerprint density at radius 1 is 1.29 bits per heavy atom. The summed E-state index contributed by atoms with van der Waals surface area (Å²) in [6, 6.07) is 12.2. The van der Waals surface area contributed by atoms with Gasteiger partial charge >= 0.3 is 0 Å². The van der Waals surface area contributed by atoms with Crippen LogP contribution in [-0.2, 0) is 4.79 Å². The van der Waals surface area contributed by atoms with Gasteiger partial charge in [0.1, 0.15) is 11.8 Å². The first-order chi connectivity index (χ1) is 11.5. The lowest BCUT2D eigenvalue weighted by Crippen LogP contribution is -2.34. The Kier molecular flexibility index (Phi) is 6.63. The zero-order chi connectivity index (χ0) is 17.5. The monoisotopic (exact) mass is 409 g/mol. The normalized spacial score (nSPS) is 12.0. The van der Waals surface area contributed by atoms with Crippen LogP contribution in [0.5, 0.6) is 5.75 Å². The van der Waals surface area contributed by atoms with E-state index in [9.17, 15) is 4.79 Å². The number of carbonyl (C=O) groups excluding carboxylic acids is 1. The Hall–Kier alpha value is -2.05. The molecule has 0 aromatic heterocycles. The van der Waals surface area contributed by atoms with Gasteiger partial charge in [-0.1, -0.05) is 27.5 Å². The molecule has 0 fully saturated rings. The Bertz CT molecular complexity index is 735. The summed E-state index contributed by atoms with van der Waals surface area (Å²) >= 11 is 9.22. The average molecular weight is 411 g/mol. The van der Waals surface area contributed by atoms with Crippen LogP contribution in [0.15, 0.2) is 52.0 Å². The van der Waals surface area contributed by atoms with Gasteiger partial charge < -0.3 is 10.1 Å². The van der Waals surface area contributed by atoms with Gasteiger partial charge in [-0.05, 0) is 49.4 Å². The fraction of sp³-hybridized carbons (Fsp3) is 0.176. The van der Waals surface area contributed by atoms with E-state index in [1.165, 1.54) is 6.21 Å². The second-order valence-corrected chi connectivity index (χ2v) is 6.35. The van der Waals surface area contributed by atoms with E-state index in [0.717, 1.165) is 15.7 Å². The van der Waals surface area contributed by atoms with Crippen LogP contribution >= 0.6 is 27.5 Å². The lowest BCUT2D eigenvalue weighted by Gasteiger charge is -2.13.